The summed E-state index contributed by atoms with van der Waals surface area (Å²) >= 11 is 6.03. The summed E-state index contributed by atoms with van der Waals surface area (Å²) in [4.78, 5) is 21.1. The van der Waals surface area contributed by atoms with E-state index >= 15 is 0 Å². The Morgan fingerprint density at radius 1 is 1.20 bits per heavy atom. The fourth-order valence-corrected chi connectivity index (χ4v) is 4.33. The number of benzene rings is 1. The quantitative estimate of drug-likeness (QED) is 0.386. The number of carbonyl (C=O) groups excluding carboxylic acids is 1. The van der Waals surface area contributed by atoms with Gasteiger partial charge in [0.1, 0.15) is 12.4 Å². The molecule has 1 N–H and O–H groups in total. The number of ether oxygens (including phenoxy) is 1. The molecule has 0 aliphatic carbocycles. The van der Waals surface area contributed by atoms with E-state index in [0.717, 1.165) is 12.5 Å². The van der Waals surface area contributed by atoms with Crippen LogP contribution in [0.2, 0.25) is 5.02 Å². The third kappa shape index (κ3) is 5.84. The minimum absolute atomic E-state index is 0.00201. The van der Waals surface area contributed by atoms with Crippen molar-refractivity contribution in [2.45, 2.75) is 18.4 Å². The summed E-state index contributed by atoms with van der Waals surface area (Å²) in [7, 11) is -3.51. The zero-order valence-electron chi connectivity index (χ0n) is 18.7. The zero-order valence-corrected chi connectivity index (χ0v) is 20.3. The van der Waals surface area contributed by atoms with Crippen LogP contribution in [0.1, 0.15) is 21.6 Å². The third-order valence-electron chi connectivity index (χ3n) is 4.97. The number of anilines is 1. The first-order valence-electron chi connectivity index (χ1n) is 10.3. The van der Waals surface area contributed by atoms with Gasteiger partial charge in [0.05, 0.1) is 16.7 Å². The highest BCUT2D eigenvalue weighted by atomic mass is 35.5. The third-order valence-corrected chi connectivity index (χ3v) is 6.28. The number of aryl methyl sites for hydroxylation is 1. The average Bonchev–Trinajstić information content (AvgIpc) is 3.18. The molecule has 4 rings (SSSR count). The van der Waals surface area contributed by atoms with Gasteiger partial charge in [0.2, 0.25) is 0 Å². The van der Waals surface area contributed by atoms with Crippen molar-refractivity contribution in [2.75, 3.05) is 11.6 Å². The molecule has 35 heavy (non-hydrogen) atoms. The molecule has 1 aromatic carbocycles. The molecule has 0 atom stereocenters. The number of pyridine rings is 2. The van der Waals surface area contributed by atoms with Crippen LogP contribution in [0, 0.1) is 12.7 Å². The second kappa shape index (κ2) is 9.85. The number of aromatic nitrogens is 3. The summed E-state index contributed by atoms with van der Waals surface area (Å²) in [6, 6.07) is 10.5. The lowest BCUT2D eigenvalue weighted by Gasteiger charge is -2.12. The number of carbonyl (C=O) groups is 1. The molecule has 8 nitrogen and oxygen atoms in total. The molecule has 0 spiro atoms. The van der Waals surface area contributed by atoms with Crippen LogP contribution in [0.25, 0.3) is 5.82 Å². The van der Waals surface area contributed by atoms with Crippen LogP contribution in [-0.2, 0) is 16.4 Å². The van der Waals surface area contributed by atoms with Crippen LogP contribution in [-0.4, -0.2) is 35.1 Å². The van der Waals surface area contributed by atoms with Crippen molar-refractivity contribution in [3.8, 4) is 11.6 Å². The van der Waals surface area contributed by atoms with E-state index in [4.69, 9.17) is 16.3 Å². The molecule has 1 amide bonds. The number of halogens is 2. The largest absolute Gasteiger partial charge is 0.485 e. The van der Waals surface area contributed by atoms with Crippen LogP contribution in [0.5, 0.6) is 5.75 Å². The Kier molecular flexibility index (Phi) is 6.86. The molecule has 0 fully saturated rings. The predicted molar refractivity (Wildman–Crippen MR) is 129 cm³/mol. The molecule has 0 saturated carbocycles. The molecular formula is C24H20ClFN4O4S. The van der Waals surface area contributed by atoms with E-state index in [1.165, 1.54) is 30.5 Å². The lowest BCUT2D eigenvalue weighted by molar-refractivity contribution is 0.102. The highest BCUT2D eigenvalue weighted by Gasteiger charge is 2.17. The Balaban J connectivity index is 1.58. The van der Waals surface area contributed by atoms with Crippen molar-refractivity contribution in [2.24, 2.45) is 0 Å². The summed E-state index contributed by atoms with van der Waals surface area (Å²) in [6.07, 6.45) is 6.86. The van der Waals surface area contributed by atoms with Crippen LogP contribution < -0.4 is 10.1 Å². The number of hydrogen-bond donors (Lipinski definition) is 1. The van der Waals surface area contributed by atoms with Crippen molar-refractivity contribution < 1.29 is 22.3 Å². The summed E-state index contributed by atoms with van der Waals surface area (Å²) in [5.74, 6) is -0.0545. The lowest BCUT2D eigenvalue weighted by atomic mass is 10.2. The maximum absolute atomic E-state index is 13.4. The highest BCUT2D eigenvalue weighted by molar-refractivity contribution is 7.90. The summed E-state index contributed by atoms with van der Waals surface area (Å²) < 4.78 is 44.7. The average molecular weight is 515 g/mol. The number of sulfone groups is 1. The van der Waals surface area contributed by atoms with Crippen LogP contribution in [0.15, 0.2) is 72.1 Å². The first-order chi connectivity index (χ1) is 16.6. The number of nitrogens with zero attached hydrogens (tertiary/aromatic N) is 3. The number of nitrogens with one attached hydrogen (secondary N) is 1. The van der Waals surface area contributed by atoms with Gasteiger partial charge in [-0.2, -0.15) is 0 Å². The fourth-order valence-electron chi connectivity index (χ4n) is 3.35. The summed E-state index contributed by atoms with van der Waals surface area (Å²) in [5, 5.41) is 2.86. The molecule has 0 saturated heterocycles. The maximum atomic E-state index is 13.4. The minimum atomic E-state index is -3.51. The fraction of sp³-hybridized carbons (Fsp3) is 0.125. The van der Waals surface area contributed by atoms with Crippen molar-refractivity contribution in [1.29, 1.82) is 0 Å². The molecule has 11 heteroatoms. The van der Waals surface area contributed by atoms with Gasteiger partial charge in [-0.25, -0.2) is 17.8 Å². The standard InChI is InChI=1S/C24H20ClFN4O4S/c1-15-6-17(24(31)29-20-8-18(25)9-21(10-20)35(2,32)33)13-30(15)23-22(4-3-5-28-23)34-14-16-7-19(26)12-27-11-16/h3-13H,14H2,1-2H3,(H,29,31). The Bertz CT molecular complexity index is 1520. The first-order valence-corrected chi connectivity index (χ1v) is 12.6. The van der Waals surface area contributed by atoms with E-state index in [2.05, 4.69) is 15.3 Å². The maximum Gasteiger partial charge on any atom is 0.257 e. The van der Waals surface area contributed by atoms with Crippen LogP contribution in [0.3, 0.4) is 0 Å². The van der Waals surface area contributed by atoms with Crippen molar-refractivity contribution in [3.05, 3.63) is 94.9 Å². The molecule has 4 aromatic rings. The summed E-state index contributed by atoms with van der Waals surface area (Å²) in [5.41, 5.74) is 1.82. The molecule has 0 unspecified atom stereocenters. The van der Waals surface area contributed by atoms with Gasteiger partial charge in [0.15, 0.2) is 21.4 Å². The lowest BCUT2D eigenvalue weighted by Crippen LogP contribution is -2.12. The van der Waals surface area contributed by atoms with Crippen molar-refractivity contribution in [3.63, 3.8) is 0 Å². The Hall–Kier alpha value is -3.76. The van der Waals surface area contributed by atoms with Gasteiger partial charge in [0, 0.05) is 46.8 Å². The van der Waals surface area contributed by atoms with Crippen molar-refractivity contribution >= 4 is 33.0 Å². The molecule has 3 aromatic heterocycles. The van der Waals surface area contributed by atoms with E-state index in [-0.39, 0.29) is 22.2 Å². The Morgan fingerprint density at radius 2 is 2.00 bits per heavy atom. The predicted octanol–water partition coefficient (Wildman–Crippen LogP) is 4.60. The molecule has 180 valence electrons. The van der Waals surface area contributed by atoms with E-state index < -0.39 is 21.6 Å². The van der Waals surface area contributed by atoms with E-state index in [9.17, 15) is 17.6 Å². The Morgan fingerprint density at radius 3 is 2.74 bits per heavy atom. The molecule has 0 aliphatic heterocycles. The van der Waals surface area contributed by atoms with Gasteiger partial charge in [-0.3, -0.25) is 9.78 Å². The van der Waals surface area contributed by atoms with Gasteiger partial charge in [-0.05, 0) is 49.4 Å². The van der Waals surface area contributed by atoms with Gasteiger partial charge in [-0.15, -0.1) is 0 Å². The minimum Gasteiger partial charge on any atom is -0.485 e. The molecule has 0 bridgehead atoms. The molecule has 3 heterocycles. The SMILES string of the molecule is Cc1cc(C(=O)Nc2cc(Cl)cc(S(C)(=O)=O)c2)cn1-c1ncccc1OCc1cncc(F)c1. The van der Waals surface area contributed by atoms with Gasteiger partial charge in [0.25, 0.3) is 5.91 Å². The molecular weight excluding hydrogens is 495 g/mol. The van der Waals surface area contributed by atoms with E-state index in [0.29, 0.717) is 28.4 Å². The normalized spacial score (nSPS) is 11.3. The number of hydrogen-bond acceptors (Lipinski definition) is 6. The zero-order chi connectivity index (χ0) is 25.2. The monoisotopic (exact) mass is 514 g/mol. The second-order valence-electron chi connectivity index (χ2n) is 7.77. The Labute approximate surface area is 206 Å². The molecule has 0 aliphatic rings. The topological polar surface area (TPSA) is 103 Å². The first kappa shape index (κ1) is 24.4. The van der Waals surface area contributed by atoms with Gasteiger partial charge in [-0.1, -0.05) is 11.6 Å². The van der Waals surface area contributed by atoms with Crippen molar-refractivity contribution in [1.82, 2.24) is 14.5 Å². The second-order valence-corrected chi connectivity index (χ2v) is 10.2. The number of rotatable bonds is 7. The van der Waals surface area contributed by atoms with Crippen LogP contribution >= 0.6 is 11.6 Å². The van der Waals surface area contributed by atoms with Gasteiger partial charge >= 0.3 is 0 Å². The smallest absolute Gasteiger partial charge is 0.257 e. The van der Waals surface area contributed by atoms with Crippen LogP contribution in [0.4, 0.5) is 10.1 Å². The highest BCUT2D eigenvalue weighted by Crippen LogP contribution is 2.26. The van der Waals surface area contributed by atoms with Gasteiger partial charge < -0.3 is 14.6 Å². The van der Waals surface area contributed by atoms with E-state index in [1.54, 1.807) is 42.1 Å². The summed E-state index contributed by atoms with van der Waals surface area (Å²) in [6.45, 7) is 1.88. The van der Waals surface area contributed by atoms with E-state index in [1.807, 2.05) is 0 Å². The number of amides is 1. The molecule has 0 radical (unpaired) electrons.